The van der Waals surface area contributed by atoms with E-state index in [0.717, 1.165) is 12.3 Å². The van der Waals surface area contributed by atoms with Crippen molar-refractivity contribution >= 4 is 11.8 Å². The Morgan fingerprint density at radius 2 is 1.10 bits per heavy atom. The molecule has 1 N–H and O–H groups in total. The normalized spacial score (nSPS) is 49.4. The Balaban J connectivity index is 0.000000132. The highest BCUT2D eigenvalue weighted by Gasteiger charge is 2.63. The second-order valence-electron chi connectivity index (χ2n) is 14.7. The van der Waals surface area contributed by atoms with Crippen LogP contribution in [0.4, 0.5) is 0 Å². The van der Waals surface area contributed by atoms with Gasteiger partial charge in [-0.2, -0.15) is 0 Å². The minimum absolute atomic E-state index is 0.0162. The van der Waals surface area contributed by atoms with Crippen LogP contribution >= 0.6 is 11.8 Å². The van der Waals surface area contributed by atoms with Crippen molar-refractivity contribution in [3.8, 4) is 0 Å². The van der Waals surface area contributed by atoms with Crippen molar-refractivity contribution in [1.29, 1.82) is 0 Å². The van der Waals surface area contributed by atoms with Gasteiger partial charge in [0.05, 0.1) is 62.1 Å². The van der Waals surface area contributed by atoms with Crippen molar-refractivity contribution in [2.24, 2.45) is 0 Å². The summed E-state index contributed by atoms with van der Waals surface area (Å²) in [6, 6.07) is 0.320. The summed E-state index contributed by atoms with van der Waals surface area (Å²) in [6.07, 6.45) is 1.02. The lowest BCUT2D eigenvalue weighted by Crippen LogP contribution is -2.47. The van der Waals surface area contributed by atoms with Crippen LogP contribution in [-0.4, -0.2) is 197 Å². The Labute approximate surface area is 307 Å². The zero-order valence-electron chi connectivity index (χ0n) is 32.5. The third-order valence-corrected chi connectivity index (χ3v) is 13.1. The van der Waals surface area contributed by atoms with Gasteiger partial charge in [0.25, 0.3) is 0 Å². The van der Waals surface area contributed by atoms with Crippen molar-refractivity contribution in [1.82, 2.24) is 5.32 Å². The first-order valence-corrected chi connectivity index (χ1v) is 18.9. The number of nitrogens with one attached hydrogen (secondary N) is 1. The fourth-order valence-corrected chi connectivity index (χ4v) is 11.0. The molecule has 16 atom stereocenters. The van der Waals surface area contributed by atoms with Gasteiger partial charge in [0.2, 0.25) is 5.79 Å². The lowest BCUT2D eigenvalue weighted by Gasteiger charge is -2.30. The quantitative estimate of drug-likeness (QED) is 0.321. The molecular weight excluding hydrogens is 690 g/mol. The molecule has 0 aromatic carbocycles. The second-order valence-corrected chi connectivity index (χ2v) is 15.8. The van der Waals surface area contributed by atoms with Gasteiger partial charge < -0.3 is 71.6 Å². The van der Waals surface area contributed by atoms with E-state index in [-0.39, 0.29) is 71.7 Å². The highest BCUT2D eigenvalue weighted by atomic mass is 32.2. The van der Waals surface area contributed by atoms with Crippen molar-refractivity contribution in [3.05, 3.63) is 0 Å². The van der Waals surface area contributed by atoms with E-state index >= 15 is 0 Å². The standard InChI is InChI=1S/C9H17NO3.C9H16O4.C9H16O3S.C8H14O4/c1-6-7-8(12-3)9(13-6,4-10-7)5-11-2;1-6-7-8(11-3)9(13-6,4-10-2)5-12-7;1-6-7-8(11-3)9(12-6,4-10-2)5-13-7;1-5-6-7(9-2)8(10-3,12-5)4-11-6/h6-8,10H,4-5H2,1-3H3;2*6-8H,4-5H2,1-3H3;5-7H,4H2,1-3H3/t6-,7?,8+,9+;2*6-,7?,8+,9-;5-,6?,7-,8+/m0000/s1. The van der Waals surface area contributed by atoms with Crippen LogP contribution < -0.4 is 5.32 Å². The van der Waals surface area contributed by atoms with E-state index in [1.165, 1.54) is 0 Å². The molecule has 0 spiro atoms. The molecule has 8 rings (SSSR count). The second kappa shape index (κ2) is 17.3. The third-order valence-electron chi connectivity index (χ3n) is 11.4. The Morgan fingerprint density at radius 1 is 0.569 bits per heavy atom. The van der Waals surface area contributed by atoms with Crippen molar-refractivity contribution < 1.29 is 66.3 Å². The Kier molecular flexibility index (Phi) is 14.2. The van der Waals surface area contributed by atoms with Crippen LogP contribution in [0, 0.1) is 0 Å². The first-order chi connectivity index (χ1) is 24.4. The van der Waals surface area contributed by atoms with Gasteiger partial charge in [0, 0.05) is 69.2 Å². The summed E-state index contributed by atoms with van der Waals surface area (Å²) in [5.41, 5.74) is -0.806. The van der Waals surface area contributed by atoms with E-state index in [4.69, 9.17) is 66.3 Å². The Bertz CT molecular complexity index is 1010. The van der Waals surface area contributed by atoms with Gasteiger partial charge in [-0.25, -0.2) is 0 Å². The van der Waals surface area contributed by atoms with Crippen LogP contribution in [0.2, 0.25) is 0 Å². The minimum Gasteiger partial charge on any atom is -0.382 e. The number of hydrogen-bond donors (Lipinski definition) is 1. The highest BCUT2D eigenvalue weighted by molar-refractivity contribution is 8.00. The average molecular weight is 754 g/mol. The summed E-state index contributed by atoms with van der Waals surface area (Å²) in [4.78, 5) is 0. The van der Waals surface area contributed by atoms with Crippen LogP contribution in [-0.2, 0) is 66.3 Å². The summed E-state index contributed by atoms with van der Waals surface area (Å²) in [7, 11) is 13.5. The molecule has 16 heteroatoms. The SMILES string of the molecule is COC[C@@]12CNC([C@H](C)O1)[C@H]2OC.COC[C@@]12COC([C@H](C)O1)[C@H]2OC.COC[C@@]12CSC([C@H](C)O1)[C@H]2OC.CO[C@H]1C2OC[C@@]1(OC)O[C@H]2C. The number of fused-ring (bicyclic) bond motifs is 8. The zero-order chi connectivity index (χ0) is 37.2. The summed E-state index contributed by atoms with van der Waals surface area (Å²) in [5.74, 6) is 0.340. The van der Waals surface area contributed by atoms with E-state index in [9.17, 15) is 0 Å². The molecular formula is C35H63NO14S. The largest absolute Gasteiger partial charge is 0.382 e. The molecule has 0 aromatic heterocycles. The van der Waals surface area contributed by atoms with Gasteiger partial charge in [0.15, 0.2) is 0 Å². The van der Waals surface area contributed by atoms with Crippen LogP contribution in [0.25, 0.3) is 0 Å². The van der Waals surface area contributed by atoms with Gasteiger partial charge in [-0.05, 0) is 27.7 Å². The predicted octanol–water partition coefficient (Wildman–Crippen LogP) is 1.06. The van der Waals surface area contributed by atoms with E-state index in [2.05, 4.69) is 19.2 Å². The number of rotatable bonds is 11. The molecule has 15 nitrogen and oxygen atoms in total. The molecule has 8 bridgehead atoms. The summed E-state index contributed by atoms with van der Waals surface area (Å²) in [6.45, 7) is 11.8. The first kappa shape index (κ1) is 41.9. The lowest BCUT2D eigenvalue weighted by molar-refractivity contribution is -0.264. The maximum absolute atomic E-state index is 5.92. The molecule has 0 saturated carbocycles. The zero-order valence-corrected chi connectivity index (χ0v) is 33.3. The first-order valence-electron chi connectivity index (χ1n) is 17.9. The molecule has 0 aliphatic carbocycles. The Morgan fingerprint density at radius 3 is 1.61 bits per heavy atom. The number of methoxy groups -OCH3 is 8. The fourth-order valence-electron chi connectivity index (χ4n) is 9.35. The highest BCUT2D eigenvalue weighted by Crippen LogP contribution is 2.49. The van der Waals surface area contributed by atoms with Crippen molar-refractivity contribution in [2.75, 3.05) is 102 Å². The predicted molar refractivity (Wildman–Crippen MR) is 186 cm³/mol. The summed E-state index contributed by atoms with van der Waals surface area (Å²) in [5, 5.41) is 3.89. The summed E-state index contributed by atoms with van der Waals surface area (Å²) < 4.78 is 76.8. The molecule has 51 heavy (non-hydrogen) atoms. The van der Waals surface area contributed by atoms with E-state index in [0.29, 0.717) is 50.4 Å². The monoisotopic (exact) mass is 753 g/mol. The molecule has 8 fully saturated rings. The van der Waals surface area contributed by atoms with E-state index in [1.54, 1.807) is 56.9 Å². The smallest absolute Gasteiger partial charge is 0.221 e. The van der Waals surface area contributed by atoms with Gasteiger partial charge in [0.1, 0.15) is 60.0 Å². The Hall–Kier alpha value is -0.250. The van der Waals surface area contributed by atoms with Crippen LogP contribution in [0.1, 0.15) is 27.7 Å². The number of thioether (sulfide) groups is 1. The third kappa shape index (κ3) is 7.53. The molecule has 298 valence electrons. The molecule has 0 amide bonds. The van der Waals surface area contributed by atoms with Gasteiger partial charge in [-0.15, -0.1) is 11.8 Å². The topological polar surface area (TPSA) is 141 Å². The van der Waals surface area contributed by atoms with Crippen LogP contribution in [0.15, 0.2) is 0 Å². The molecule has 8 heterocycles. The average Bonchev–Trinajstić information content (AvgIpc) is 3.97. The minimum atomic E-state index is -0.654. The van der Waals surface area contributed by atoms with Crippen molar-refractivity contribution in [3.63, 3.8) is 0 Å². The fraction of sp³-hybridized carbons (Fsp3) is 1.00. The number of ether oxygens (including phenoxy) is 14. The molecule has 0 radical (unpaired) electrons. The van der Waals surface area contributed by atoms with Crippen molar-refractivity contribution in [2.45, 2.75) is 123 Å². The number of morpholine rings is 1. The lowest BCUT2D eigenvalue weighted by atomic mass is 9.99. The molecule has 8 aliphatic rings. The van der Waals surface area contributed by atoms with Crippen LogP contribution in [0.3, 0.4) is 0 Å². The van der Waals surface area contributed by atoms with E-state index in [1.807, 2.05) is 25.6 Å². The van der Waals surface area contributed by atoms with Gasteiger partial charge in [-0.3, -0.25) is 0 Å². The molecule has 8 aliphatic heterocycles. The van der Waals surface area contributed by atoms with Gasteiger partial charge in [-0.1, -0.05) is 0 Å². The molecule has 8 saturated heterocycles. The maximum atomic E-state index is 5.92. The van der Waals surface area contributed by atoms with Gasteiger partial charge >= 0.3 is 0 Å². The number of hydrogen-bond acceptors (Lipinski definition) is 16. The maximum Gasteiger partial charge on any atom is 0.221 e. The molecule has 4 unspecified atom stereocenters. The molecule has 0 aromatic rings. The van der Waals surface area contributed by atoms with Crippen LogP contribution in [0.5, 0.6) is 0 Å². The van der Waals surface area contributed by atoms with E-state index < -0.39 is 5.79 Å². The summed E-state index contributed by atoms with van der Waals surface area (Å²) >= 11 is 1.94.